The smallest absolute Gasteiger partial charge is 0.184 e. The van der Waals surface area contributed by atoms with E-state index < -0.39 is 15.9 Å². The quantitative estimate of drug-likeness (QED) is 0.846. The molecule has 0 aliphatic heterocycles. The summed E-state index contributed by atoms with van der Waals surface area (Å²) in [4.78, 5) is 0.130. The van der Waals surface area contributed by atoms with Gasteiger partial charge in [-0.3, -0.25) is 0 Å². The number of aliphatic hydroxyl groups is 1. The first-order valence-electron chi connectivity index (χ1n) is 5.05. The summed E-state index contributed by atoms with van der Waals surface area (Å²) in [5, 5.41) is 9.40. The predicted octanol–water partition coefficient (Wildman–Crippen LogP) is 1.24. The van der Waals surface area contributed by atoms with Crippen LogP contribution in [0.15, 0.2) is 29.2 Å². The summed E-state index contributed by atoms with van der Waals surface area (Å²) >= 11 is 0. The van der Waals surface area contributed by atoms with Crippen LogP contribution in [0.25, 0.3) is 0 Å². The van der Waals surface area contributed by atoms with Crippen molar-refractivity contribution in [2.45, 2.75) is 24.3 Å². The number of aliphatic hydroxyl groups excluding tert-OH is 1. The minimum Gasteiger partial charge on any atom is -0.495 e. The number of sulfone groups is 1. The molecule has 0 radical (unpaired) electrons. The van der Waals surface area contributed by atoms with Crippen LogP contribution in [-0.4, -0.2) is 32.5 Å². The number of para-hydroxylation sites is 1. The highest BCUT2D eigenvalue weighted by atomic mass is 32.2. The molecule has 0 aromatic heterocycles. The molecule has 0 saturated carbocycles. The van der Waals surface area contributed by atoms with Gasteiger partial charge >= 0.3 is 0 Å². The Morgan fingerprint density at radius 1 is 1.38 bits per heavy atom. The molecule has 0 aliphatic rings. The topological polar surface area (TPSA) is 63.6 Å². The molecule has 0 spiro atoms. The summed E-state index contributed by atoms with van der Waals surface area (Å²) in [7, 11) is -2.07. The summed E-state index contributed by atoms with van der Waals surface area (Å²) in [6.45, 7) is 1.74. The Balaban J connectivity index is 3.07. The summed E-state index contributed by atoms with van der Waals surface area (Å²) in [6.07, 6.45) is -0.427. The van der Waals surface area contributed by atoms with Crippen molar-refractivity contribution >= 4 is 9.84 Å². The van der Waals surface area contributed by atoms with Crippen molar-refractivity contribution in [1.29, 1.82) is 0 Å². The summed E-state index contributed by atoms with van der Waals surface area (Å²) in [6, 6.07) is 6.41. The molecule has 0 bridgehead atoms. The molecule has 0 aliphatic carbocycles. The first-order valence-corrected chi connectivity index (χ1v) is 6.70. The predicted molar refractivity (Wildman–Crippen MR) is 61.3 cm³/mol. The second-order valence-corrected chi connectivity index (χ2v) is 5.50. The second kappa shape index (κ2) is 5.32. The molecule has 0 heterocycles. The van der Waals surface area contributed by atoms with E-state index in [-0.39, 0.29) is 10.6 Å². The first kappa shape index (κ1) is 13.0. The van der Waals surface area contributed by atoms with E-state index in [0.717, 1.165) is 0 Å². The van der Waals surface area contributed by atoms with Gasteiger partial charge in [-0.2, -0.15) is 0 Å². The minimum atomic E-state index is -3.49. The molecule has 1 aromatic rings. The third kappa shape index (κ3) is 2.96. The molecule has 16 heavy (non-hydrogen) atoms. The van der Waals surface area contributed by atoms with E-state index >= 15 is 0 Å². The highest BCUT2D eigenvalue weighted by molar-refractivity contribution is 7.91. The lowest BCUT2D eigenvalue weighted by Crippen LogP contribution is -2.20. The fourth-order valence-electron chi connectivity index (χ4n) is 1.34. The molecule has 0 saturated heterocycles. The Labute approximate surface area is 95.8 Å². The fourth-order valence-corrected chi connectivity index (χ4v) is 3.00. The lowest BCUT2D eigenvalue weighted by atomic mass is 10.3. The third-order valence-corrected chi connectivity index (χ3v) is 4.12. The Morgan fingerprint density at radius 3 is 2.56 bits per heavy atom. The number of hydrogen-bond donors (Lipinski definition) is 1. The van der Waals surface area contributed by atoms with Crippen LogP contribution in [-0.2, 0) is 9.84 Å². The third-order valence-electron chi connectivity index (χ3n) is 2.29. The summed E-state index contributed by atoms with van der Waals surface area (Å²) < 4.78 is 28.9. The SMILES string of the molecule is CCC(O)CS(=O)(=O)c1ccccc1OC. The summed E-state index contributed by atoms with van der Waals surface area (Å²) in [5.74, 6) is 0.0370. The first-order chi connectivity index (χ1) is 7.51. The second-order valence-electron chi connectivity index (χ2n) is 3.49. The van der Waals surface area contributed by atoms with Crippen molar-refractivity contribution < 1.29 is 18.3 Å². The van der Waals surface area contributed by atoms with Crippen LogP contribution in [0, 0.1) is 0 Å². The minimum absolute atomic E-state index is 0.130. The molecule has 1 unspecified atom stereocenters. The molecule has 90 valence electrons. The van der Waals surface area contributed by atoms with Crippen LogP contribution in [0.1, 0.15) is 13.3 Å². The van der Waals surface area contributed by atoms with Crippen molar-refractivity contribution in [1.82, 2.24) is 0 Å². The largest absolute Gasteiger partial charge is 0.495 e. The average Bonchev–Trinajstić information content (AvgIpc) is 2.28. The fraction of sp³-hybridized carbons (Fsp3) is 0.455. The lowest BCUT2D eigenvalue weighted by Gasteiger charge is -2.11. The van der Waals surface area contributed by atoms with Crippen LogP contribution in [0.4, 0.5) is 0 Å². The van der Waals surface area contributed by atoms with Crippen molar-refractivity contribution in [2.75, 3.05) is 12.9 Å². The van der Waals surface area contributed by atoms with E-state index in [1.54, 1.807) is 25.1 Å². The molecule has 1 N–H and O–H groups in total. The number of hydrogen-bond acceptors (Lipinski definition) is 4. The van der Waals surface area contributed by atoms with E-state index in [2.05, 4.69) is 0 Å². The highest BCUT2D eigenvalue weighted by Crippen LogP contribution is 2.24. The molecule has 1 aromatic carbocycles. The van der Waals surface area contributed by atoms with Gasteiger partial charge in [-0.25, -0.2) is 8.42 Å². The highest BCUT2D eigenvalue weighted by Gasteiger charge is 2.22. The van der Waals surface area contributed by atoms with Crippen LogP contribution in [0.3, 0.4) is 0 Å². The molecule has 0 amide bonds. The zero-order valence-corrected chi connectivity index (χ0v) is 10.2. The van der Waals surface area contributed by atoms with Gasteiger partial charge in [0, 0.05) is 0 Å². The standard InChI is InChI=1S/C11H16O4S/c1-3-9(12)8-16(13,14)11-7-5-4-6-10(11)15-2/h4-7,9,12H,3,8H2,1-2H3. The van der Waals surface area contributed by atoms with Gasteiger partial charge in [0.1, 0.15) is 10.6 Å². The van der Waals surface area contributed by atoms with Crippen molar-refractivity contribution in [3.8, 4) is 5.75 Å². The number of benzene rings is 1. The van der Waals surface area contributed by atoms with Crippen LogP contribution in [0.5, 0.6) is 5.75 Å². The molecule has 5 heteroatoms. The van der Waals surface area contributed by atoms with E-state index in [0.29, 0.717) is 12.2 Å². The van der Waals surface area contributed by atoms with Gasteiger partial charge in [-0.15, -0.1) is 0 Å². The monoisotopic (exact) mass is 244 g/mol. The van der Waals surface area contributed by atoms with Gasteiger partial charge in [0.05, 0.1) is 19.0 Å². The molecule has 4 nitrogen and oxygen atoms in total. The van der Waals surface area contributed by atoms with Crippen LogP contribution in [0.2, 0.25) is 0 Å². The van der Waals surface area contributed by atoms with Crippen molar-refractivity contribution in [3.63, 3.8) is 0 Å². The van der Waals surface area contributed by atoms with Gasteiger partial charge in [-0.1, -0.05) is 19.1 Å². The molecular formula is C11H16O4S. The Hall–Kier alpha value is -1.07. The zero-order chi connectivity index (χ0) is 12.2. The molecule has 1 atom stereocenters. The van der Waals surface area contributed by atoms with Gasteiger partial charge < -0.3 is 9.84 Å². The van der Waals surface area contributed by atoms with Gasteiger partial charge in [0.2, 0.25) is 0 Å². The van der Waals surface area contributed by atoms with Crippen LogP contribution >= 0.6 is 0 Å². The van der Waals surface area contributed by atoms with Crippen LogP contribution < -0.4 is 4.74 Å². The molecule has 0 fully saturated rings. The maximum Gasteiger partial charge on any atom is 0.184 e. The van der Waals surface area contributed by atoms with E-state index in [1.807, 2.05) is 0 Å². The van der Waals surface area contributed by atoms with E-state index in [9.17, 15) is 13.5 Å². The molecular weight excluding hydrogens is 228 g/mol. The average molecular weight is 244 g/mol. The zero-order valence-electron chi connectivity index (χ0n) is 9.38. The van der Waals surface area contributed by atoms with Crippen molar-refractivity contribution in [3.05, 3.63) is 24.3 Å². The maximum absolute atomic E-state index is 11.9. The maximum atomic E-state index is 11.9. The Bertz CT molecular complexity index is 439. The number of ether oxygens (including phenoxy) is 1. The Morgan fingerprint density at radius 2 is 2.00 bits per heavy atom. The van der Waals surface area contributed by atoms with Crippen molar-refractivity contribution in [2.24, 2.45) is 0 Å². The number of rotatable bonds is 5. The lowest BCUT2D eigenvalue weighted by molar-refractivity contribution is 0.193. The number of methoxy groups -OCH3 is 1. The van der Waals surface area contributed by atoms with E-state index in [4.69, 9.17) is 4.74 Å². The Kier molecular flexibility index (Phi) is 4.32. The normalized spacial score (nSPS) is 13.4. The molecule has 1 rings (SSSR count). The van der Waals surface area contributed by atoms with Gasteiger partial charge in [0.15, 0.2) is 9.84 Å². The van der Waals surface area contributed by atoms with Gasteiger partial charge in [-0.05, 0) is 18.6 Å². The van der Waals surface area contributed by atoms with Gasteiger partial charge in [0.25, 0.3) is 0 Å². The summed E-state index contributed by atoms with van der Waals surface area (Å²) in [5.41, 5.74) is 0. The van der Waals surface area contributed by atoms with E-state index in [1.165, 1.54) is 13.2 Å².